The van der Waals surface area contributed by atoms with Gasteiger partial charge in [0.25, 0.3) is 5.91 Å². The molecule has 0 spiro atoms. The third kappa shape index (κ3) is 5.04. The van der Waals surface area contributed by atoms with Crippen LogP contribution in [0, 0.1) is 0 Å². The summed E-state index contributed by atoms with van der Waals surface area (Å²) in [5.41, 5.74) is 1.05. The Balaban J connectivity index is 1.62. The summed E-state index contributed by atoms with van der Waals surface area (Å²) in [6.45, 7) is 0.101. The number of esters is 1. The average Bonchev–Trinajstić information content (AvgIpc) is 2.93. The molecule has 1 heterocycles. The van der Waals surface area contributed by atoms with Gasteiger partial charge in [-0.3, -0.25) is 9.59 Å². The SMILES string of the molecule is O=C(COC(=O)[C@H]1CCC(=O)N1)NCCc1ccc(Cl)cc1. The van der Waals surface area contributed by atoms with Gasteiger partial charge in [-0.15, -0.1) is 0 Å². The van der Waals surface area contributed by atoms with E-state index in [4.69, 9.17) is 16.3 Å². The predicted octanol–water partition coefficient (Wildman–Crippen LogP) is 0.820. The molecule has 2 amide bonds. The second-order valence-corrected chi connectivity index (χ2v) is 5.43. The van der Waals surface area contributed by atoms with E-state index in [9.17, 15) is 14.4 Å². The van der Waals surface area contributed by atoms with Gasteiger partial charge in [-0.05, 0) is 30.5 Å². The minimum Gasteiger partial charge on any atom is -0.454 e. The van der Waals surface area contributed by atoms with Crippen molar-refractivity contribution in [1.29, 1.82) is 0 Å². The molecule has 118 valence electrons. The molecule has 0 aromatic heterocycles. The van der Waals surface area contributed by atoms with Gasteiger partial charge in [0.2, 0.25) is 5.91 Å². The van der Waals surface area contributed by atoms with Crippen LogP contribution in [-0.2, 0) is 25.5 Å². The number of amides is 2. The van der Waals surface area contributed by atoms with Crippen molar-refractivity contribution in [2.24, 2.45) is 0 Å². The van der Waals surface area contributed by atoms with E-state index >= 15 is 0 Å². The van der Waals surface area contributed by atoms with Gasteiger partial charge >= 0.3 is 5.97 Å². The lowest BCUT2D eigenvalue weighted by atomic mass is 10.1. The average molecular weight is 325 g/mol. The van der Waals surface area contributed by atoms with Crippen LogP contribution < -0.4 is 10.6 Å². The molecule has 6 nitrogen and oxygen atoms in total. The monoisotopic (exact) mass is 324 g/mol. The minimum absolute atomic E-state index is 0.172. The zero-order chi connectivity index (χ0) is 15.9. The van der Waals surface area contributed by atoms with Crippen LogP contribution in [0.3, 0.4) is 0 Å². The van der Waals surface area contributed by atoms with Crippen molar-refractivity contribution in [3.63, 3.8) is 0 Å². The molecule has 0 aliphatic carbocycles. The second-order valence-electron chi connectivity index (χ2n) is 4.99. The van der Waals surface area contributed by atoms with E-state index in [2.05, 4.69) is 10.6 Å². The van der Waals surface area contributed by atoms with Crippen LogP contribution in [0.5, 0.6) is 0 Å². The highest BCUT2D eigenvalue weighted by atomic mass is 35.5. The van der Waals surface area contributed by atoms with Crippen molar-refractivity contribution in [3.05, 3.63) is 34.9 Å². The Kier molecular flexibility index (Phi) is 5.77. The van der Waals surface area contributed by atoms with E-state index in [-0.39, 0.29) is 18.4 Å². The van der Waals surface area contributed by atoms with Gasteiger partial charge in [-0.2, -0.15) is 0 Å². The third-order valence-corrected chi connectivity index (χ3v) is 3.53. The van der Waals surface area contributed by atoms with E-state index < -0.39 is 12.0 Å². The molecule has 2 rings (SSSR count). The lowest BCUT2D eigenvalue weighted by Crippen LogP contribution is -2.37. The fraction of sp³-hybridized carbons (Fsp3) is 0.400. The van der Waals surface area contributed by atoms with E-state index in [1.165, 1.54) is 0 Å². The van der Waals surface area contributed by atoms with Gasteiger partial charge < -0.3 is 15.4 Å². The first-order valence-corrected chi connectivity index (χ1v) is 7.39. The number of benzene rings is 1. The number of ether oxygens (including phenoxy) is 1. The van der Waals surface area contributed by atoms with Crippen LogP contribution in [0.2, 0.25) is 5.02 Å². The van der Waals surface area contributed by atoms with Crippen molar-refractivity contribution in [1.82, 2.24) is 10.6 Å². The number of rotatable bonds is 6. The van der Waals surface area contributed by atoms with Crippen LogP contribution in [0.4, 0.5) is 0 Å². The van der Waals surface area contributed by atoms with E-state index in [0.29, 0.717) is 30.8 Å². The van der Waals surface area contributed by atoms with Crippen LogP contribution in [0.15, 0.2) is 24.3 Å². The number of hydrogen-bond donors (Lipinski definition) is 2. The summed E-state index contributed by atoms with van der Waals surface area (Å²) in [5, 5.41) is 5.82. The third-order valence-electron chi connectivity index (χ3n) is 3.27. The largest absolute Gasteiger partial charge is 0.454 e. The van der Waals surface area contributed by atoms with Gasteiger partial charge in [-0.1, -0.05) is 23.7 Å². The Morgan fingerprint density at radius 3 is 2.68 bits per heavy atom. The molecular weight excluding hydrogens is 308 g/mol. The van der Waals surface area contributed by atoms with Crippen LogP contribution in [0.25, 0.3) is 0 Å². The molecule has 0 radical (unpaired) electrons. The fourth-order valence-electron chi connectivity index (χ4n) is 2.08. The van der Waals surface area contributed by atoms with Crippen LogP contribution >= 0.6 is 11.6 Å². The number of nitrogens with one attached hydrogen (secondary N) is 2. The zero-order valence-electron chi connectivity index (χ0n) is 11.9. The van der Waals surface area contributed by atoms with Gasteiger partial charge in [-0.25, -0.2) is 4.79 Å². The Morgan fingerprint density at radius 2 is 2.05 bits per heavy atom. The van der Waals surface area contributed by atoms with Crippen molar-refractivity contribution < 1.29 is 19.1 Å². The van der Waals surface area contributed by atoms with E-state index in [0.717, 1.165) is 5.56 Å². The van der Waals surface area contributed by atoms with Crippen LogP contribution in [0.1, 0.15) is 18.4 Å². The maximum Gasteiger partial charge on any atom is 0.329 e. The van der Waals surface area contributed by atoms with Crippen molar-refractivity contribution in [2.45, 2.75) is 25.3 Å². The Labute approximate surface area is 133 Å². The number of carbonyl (C=O) groups excluding carboxylic acids is 3. The summed E-state index contributed by atoms with van der Waals surface area (Å²) >= 11 is 5.79. The normalized spacial score (nSPS) is 17.0. The molecule has 1 fully saturated rings. The van der Waals surface area contributed by atoms with Gasteiger partial charge in [0.15, 0.2) is 6.61 Å². The topological polar surface area (TPSA) is 84.5 Å². The molecule has 22 heavy (non-hydrogen) atoms. The van der Waals surface area contributed by atoms with Gasteiger partial charge in [0.1, 0.15) is 6.04 Å². The summed E-state index contributed by atoms with van der Waals surface area (Å²) in [6.07, 6.45) is 1.39. The first-order valence-electron chi connectivity index (χ1n) is 7.02. The summed E-state index contributed by atoms with van der Waals surface area (Å²) < 4.78 is 4.87. The molecule has 1 aliphatic heterocycles. The molecule has 1 atom stereocenters. The molecular formula is C15H17ClN2O4. The predicted molar refractivity (Wildman–Crippen MR) is 80.3 cm³/mol. The lowest BCUT2D eigenvalue weighted by molar-refractivity contribution is -0.150. The number of halogens is 1. The van der Waals surface area contributed by atoms with Gasteiger partial charge in [0, 0.05) is 18.0 Å². The summed E-state index contributed by atoms with van der Waals surface area (Å²) in [5.74, 6) is -1.11. The molecule has 2 N–H and O–H groups in total. The van der Waals surface area contributed by atoms with E-state index in [1.54, 1.807) is 12.1 Å². The first kappa shape index (κ1) is 16.3. The van der Waals surface area contributed by atoms with Crippen molar-refractivity contribution in [3.8, 4) is 0 Å². The quantitative estimate of drug-likeness (QED) is 0.759. The zero-order valence-corrected chi connectivity index (χ0v) is 12.7. The Hall–Kier alpha value is -2.08. The molecule has 1 aromatic carbocycles. The number of hydrogen-bond acceptors (Lipinski definition) is 4. The second kappa shape index (κ2) is 7.79. The highest BCUT2D eigenvalue weighted by molar-refractivity contribution is 6.30. The lowest BCUT2D eigenvalue weighted by Gasteiger charge is -2.10. The Bertz CT molecular complexity index is 559. The summed E-state index contributed by atoms with van der Waals surface area (Å²) in [4.78, 5) is 34.2. The first-order chi connectivity index (χ1) is 10.5. The highest BCUT2D eigenvalue weighted by Gasteiger charge is 2.28. The number of carbonyl (C=O) groups is 3. The van der Waals surface area contributed by atoms with Gasteiger partial charge in [0.05, 0.1) is 0 Å². The fourth-order valence-corrected chi connectivity index (χ4v) is 2.20. The molecule has 1 aliphatic rings. The van der Waals surface area contributed by atoms with Crippen molar-refractivity contribution in [2.75, 3.05) is 13.2 Å². The van der Waals surface area contributed by atoms with Crippen molar-refractivity contribution >= 4 is 29.4 Å². The Morgan fingerprint density at radius 1 is 1.32 bits per heavy atom. The molecule has 0 saturated carbocycles. The molecule has 0 bridgehead atoms. The molecule has 1 saturated heterocycles. The summed E-state index contributed by atoms with van der Waals surface area (Å²) in [7, 11) is 0. The van der Waals surface area contributed by atoms with Crippen LogP contribution in [-0.4, -0.2) is 37.0 Å². The molecule has 0 unspecified atom stereocenters. The van der Waals surface area contributed by atoms with E-state index in [1.807, 2.05) is 12.1 Å². The smallest absolute Gasteiger partial charge is 0.329 e. The highest BCUT2D eigenvalue weighted by Crippen LogP contribution is 2.09. The molecule has 7 heteroatoms. The molecule has 1 aromatic rings. The summed E-state index contributed by atoms with van der Waals surface area (Å²) in [6, 6.07) is 6.72. The maximum atomic E-state index is 11.6. The minimum atomic E-state index is -0.630. The standard InChI is InChI=1S/C15H17ClN2O4/c16-11-3-1-10(2-4-11)7-8-17-14(20)9-22-15(21)12-5-6-13(19)18-12/h1-4,12H,5-9H2,(H,17,20)(H,18,19)/t12-/m1/s1. The maximum absolute atomic E-state index is 11.6.